The van der Waals surface area contributed by atoms with Crippen LogP contribution in [0.5, 0.6) is 0 Å². The third kappa shape index (κ3) is 4.66. The minimum Gasteiger partial charge on any atom is -0.381 e. The quantitative estimate of drug-likeness (QED) is 0.842. The SMILES string of the molecule is CC(=O)Nc1ccc(NCc2cc(Cl)cc(Cl)c2)cc1C. The maximum absolute atomic E-state index is 11.1. The van der Waals surface area contributed by atoms with Crippen LogP contribution >= 0.6 is 23.2 Å². The van der Waals surface area contributed by atoms with Gasteiger partial charge < -0.3 is 10.6 Å². The molecule has 3 nitrogen and oxygen atoms in total. The fourth-order valence-corrected chi connectivity index (χ4v) is 2.59. The molecule has 0 spiro atoms. The fourth-order valence-electron chi connectivity index (χ4n) is 2.02. The predicted octanol–water partition coefficient (Wildman–Crippen LogP) is 4.87. The summed E-state index contributed by atoms with van der Waals surface area (Å²) in [6.45, 7) is 4.07. The van der Waals surface area contributed by atoms with Crippen molar-refractivity contribution >= 4 is 40.5 Å². The average molecular weight is 323 g/mol. The van der Waals surface area contributed by atoms with E-state index in [0.29, 0.717) is 16.6 Å². The molecule has 110 valence electrons. The number of halogens is 2. The Bertz CT molecular complexity index is 651. The standard InChI is InChI=1S/C16H16Cl2N2O/c1-10-5-15(3-4-16(10)20-11(2)21)19-9-12-6-13(17)8-14(18)7-12/h3-8,19H,9H2,1-2H3,(H,20,21). The van der Waals surface area contributed by atoms with Crippen LogP contribution in [0.25, 0.3) is 0 Å². The van der Waals surface area contributed by atoms with Gasteiger partial charge in [0.25, 0.3) is 0 Å². The molecule has 0 heterocycles. The lowest BCUT2D eigenvalue weighted by atomic mass is 10.1. The highest BCUT2D eigenvalue weighted by Crippen LogP contribution is 2.22. The smallest absolute Gasteiger partial charge is 0.221 e. The lowest BCUT2D eigenvalue weighted by molar-refractivity contribution is -0.114. The molecular weight excluding hydrogens is 307 g/mol. The number of anilines is 2. The van der Waals surface area contributed by atoms with Gasteiger partial charge in [0.2, 0.25) is 5.91 Å². The summed E-state index contributed by atoms with van der Waals surface area (Å²) in [5, 5.41) is 7.34. The Balaban J connectivity index is 2.06. The van der Waals surface area contributed by atoms with E-state index < -0.39 is 0 Å². The molecule has 0 aliphatic rings. The van der Waals surface area contributed by atoms with E-state index in [0.717, 1.165) is 22.5 Å². The number of carbonyl (C=O) groups is 1. The van der Waals surface area contributed by atoms with E-state index in [4.69, 9.17) is 23.2 Å². The van der Waals surface area contributed by atoms with Gasteiger partial charge in [-0.1, -0.05) is 23.2 Å². The van der Waals surface area contributed by atoms with E-state index >= 15 is 0 Å². The van der Waals surface area contributed by atoms with Crippen molar-refractivity contribution in [2.24, 2.45) is 0 Å². The van der Waals surface area contributed by atoms with Gasteiger partial charge in [0.15, 0.2) is 0 Å². The molecule has 0 aromatic heterocycles. The zero-order valence-electron chi connectivity index (χ0n) is 11.8. The van der Waals surface area contributed by atoms with Gasteiger partial charge in [0, 0.05) is 34.9 Å². The Morgan fingerprint density at radius 2 is 1.76 bits per heavy atom. The van der Waals surface area contributed by atoms with Crippen molar-refractivity contribution in [3.05, 3.63) is 57.6 Å². The first-order valence-electron chi connectivity index (χ1n) is 6.51. The highest BCUT2D eigenvalue weighted by Gasteiger charge is 2.03. The lowest BCUT2D eigenvalue weighted by Crippen LogP contribution is -2.07. The summed E-state index contributed by atoms with van der Waals surface area (Å²) in [5.41, 5.74) is 3.80. The fraction of sp³-hybridized carbons (Fsp3) is 0.188. The van der Waals surface area contributed by atoms with E-state index in [-0.39, 0.29) is 5.91 Å². The van der Waals surface area contributed by atoms with Crippen LogP contribution in [0.2, 0.25) is 10.0 Å². The van der Waals surface area contributed by atoms with Crippen molar-refractivity contribution < 1.29 is 4.79 Å². The van der Waals surface area contributed by atoms with Gasteiger partial charge in [-0.15, -0.1) is 0 Å². The van der Waals surface area contributed by atoms with Crippen LogP contribution < -0.4 is 10.6 Å². The zero-order valence-corrected chi connectivity index (χ0v) is 13.3. The van der Waals surface area contributed by atoms with E-state index in [9.17, 15) is 4.79 Å². The summed E-state index contributed by atoms with van der Waals surface area (Å²) in [5.74, 6) is -0.0765. The highest BCUT2D eigenvalue weighted by atomic mass is 35.5. The molecular formula is C16H16Cl2N2O. The number of aryl methyl sites for hydroxylation is 1. The predicted molar refractivity (Wildman–Crippen MR) is 89.3 cm³/mol. The van der Waals surface area contributed by atoms with Gasteiger partial charge in [0.1, 0.15) is 0 Å². The molecule has 0 bridgehead atoms. The molecule has 2 rings (SSSR count). The number of benzene rings is 2. The monoisotopic (exact) mass is 322 g/mol. The van der Waals surface area contributed by atoms with Crippen LogP contribution in [-0.4, -0.2) is 5.91 Å². The Hall–Kier alpha value is -1.71. The van der Waals surface area contributed by atoms with Crippen LogP contribution in [-0.2, 0) is 11.3 Å². The zero-order chi connectivity index (χ0) is 15.4. The second-order valence-corrected chi connectivity index (χ2v) is 5.72. The number of carbonyl (C=O) groups excluding carboxylic acids is 1. The first-order valence-corrected chi connectivity index (χ1v) is 7.27. The van der Waals surface area contributed by atoms with Crippen LogP contribution in [0.3, 0.4) is 0 Å². The molecule has 5 heteroatoms. The van der Waals surface area contributed by atoms with Gasteiger partial charge in [-0.05, 0) is 54.4 Å². The number of hydrogen-bond acceptors (Lipinski definition) is 2. The first kappa shape index (κ1) is 15.7. The molecule has 0 unspecified atom stereocenters. The molecule has 0 saturated carbocycles. The third-order valence-electron chi connectivity index (χ3n) is 2.96. The molecule has 21 heavy (non-hydrogen) atoms. The maximum atomic E-state index is 11.1. The summed E-state index contributed by atoms with van der Waals surface area (Å²) < 4.78 is 0. The van der Waals surface area contributed by atoms with Gasteiger partial charge in [-0.25, -0.2) is 0 Å². The second kappa shape index (κ2) is 6.83. The maximum Gasteiger partial charge on any atom is 0.221 e. The summed E-state index contributed by atoms with van der Waals surface area (Å²) in [6, 6.07) is 11.2. The Labute approximate surface area is 134 Å². The Morgan fingerprint density at radius 1 is 1.10 bits per heavy atom. The van der Waals surface area contributed by atoms with E-state index in [1.165, 1.54) is 6.92 Å². The largest absolute Gasteiger partial charge is 0.381 e. The van der Waals surface area contributed by atoms with Gasteiger partial charge >= 0.3 is 0 Å². The van der Waals surface area contributed by atoms with E-state index in [1.807, 2.05) is 37.3 Å². The molecule has 2 N–H and O–H groups in total. The van der Waals surface area contributed by atoms with E-state index in [2.05, 4.69) is 10.6 Å². The van der Waals surface area contributed by atoms with Crippen LogP contribution in [0.15, 0.2) is 36.4 Å². The second-order valence-electron chi connectivity index (χ2n) is 4.84. The molecule has 2 aromatic rings. The molecule has 2 aromatic carbocycles. The summed E-state index contributed by atoms with van der Waals surface area (Å²) >= 11 is 11.9. The van der Waals surface area contributed by atoms with Crippen molar-refractivity contribution in [1.82, 2.24) is 0 Å². The van der Waals surface area contributed by atoms with Gasteiger partial charge in [0.05, 0.1) is 0 Å². The Kier molecular flexibility index (Phi) is 5.10. The molecule has 0 atom stereocenters. The summed E-state index contributed by atoms with van der Waals surface area (Å²) in [7, 11) is 0. The number of hydrogen-bond donors (Lipinski definition) is 2. The normalized spacial score (nSPS) is 10.3. The number of nitrogens with one attached hydrogen (secondary N) is 2. The van der Waals surface area contributed by atoms with Crippen molar-refractivity contribution in [3.8, 4) is 0 Å². The van der Waals surface area contributed by atoms with Crippen LogP contribution in [0, 0.1) is 6.92 Å². The van der Waals surface area contributed by atoms with Crippen LogP contribution in [0.1, 0.15) is 18.1 Å². The minimum atomic E-state index is -0.0765. The topological polar surface area (TPSA) is 41.1 Å². The summed E-state index contributed by atoms with van der Waals surface area (Å²) in [4.78, 5) is 11.1. The number of amides is 1. The lowest BCUT2D eigenvalue weighted by Gasteiger charge is -2.11. The molecule has 1 amide bonds. The first-order chi connectivity index (χ1) is 9.94. The molecule has 0 aliphatic carbocycles. The Morgan fingerprint density at radius 3 is 2.33 bits per heavy atom. The molecule has 0 saturated heterocycles. The van der Waals surface area contributed by atoms with Gasteiger partial charge in [-0.3, -0.25) is 4.79 Å². The van der Waals surface area contributed by atoms with E-state index in [1.54, 1.807) is 6.07 Å². The third-order valence-corrected chi connectivity index (χ3v) is 3.39. The molecule has 0 aliphatic heterocycles. The van der Waals surface area contributed by atoms with Gasteiger partial charge in [-0.2, -0.15) is 0 Å². The van der Waals surface area contributed by atoms with Crippen molar-refractivity contribution in [2.75, 3.05) is 10.6 Å². The van der Waals surface area contributed by atoms with Crippen molar-refractivity contribution in [1.29, 1.82) is 0 Å². The minimum absolute atomic E-state index is 0.0765. The summed E-state index contributed by atoms with van der Waals surface area (Å²) in [6.07, 6.45) is 0. The van der Waals surface area contributed by atoms with Crippen molar-refractivity contribution in [2.45, 2.75) is 20.4 Å². The highest BCUT2D eigenvalue weighted by molar-refractivity contribution is 6.34. The average Bonchev–Trinajstić information content (AvgIpc) is 2.38. The van der Waals surface area contributed by atoms with Crippen molar-refractivity contribution in [3.63, 3.8) is 0 Å². The molecule has 0 radical (unpaired) electrons. The molecule has 0 fully saturated rings. The number of rotatable bonds is 4. The van der Waals surface area contributed by atoms with Crippen LogP contribution in [0.4, 0.5) is 11.4 Å².